The monoisotopic (exact) mass is 338 g/mol. The van der Waals surface area contributed by atoms with Crippen molar-refractivity contribution in [2.45, 2.75) is 0 Å². The third kappa shape index (κ3) is 2.88. The van der Waals surface area contributed by atoms with E-state index in [9.17, 15) is 0 Å². The van der Waals surface area contributed by atoms with Crippen molar-refractivity contribution in [1.29, 1.82) is 0 Å². The highest BCUT2D eigenvalue weighted by Gasteiger charge is 2.12. The summed E-state index contributed by atoms with van der Waals surface area (Å²) in [5.41, 5.74) is 2.07. The van der Waals surface area contributed by atoms with Gasteiger partial charge in [0.05, 0.1) is 0 Å². The van der Waals surface area contributed by atoms with Crippen molar-refractivity contribution in [2.75, 3.05) is 0 Å². The molecule has 2 aromatic heterocycles. The van der Waals surface area contributed by atoms with Crippen LogP contribution in [-0.4, -0.2) is 19.8 Å². The first-order valence-electron chi connectivity index (χ1n) is 7.01. The molecule has 0 saturated heterocycles. The molecule has 0 unspecified atom stereocenters. The minimum Gasteiger partial charge on any atom is -0.182 e. The van der Waals surface area contributed by atoms with Gasteiger partial charge in [0.25, 0.3) is 0 Å². The van der Waals surface area contributed by atoms with Gasteiger partial charge in [0.1, 0.15) is 5.01 Å². The summed E-state index contributed by atoms with van der Waals surface area (Å²) < 4.78 is 1.76. The van der Waals surface area contributed by atoms with Gasteiger partial charge in [-0.25, -0.2) is 0 Å². The molecule has 6 heteroatoms. The largest absolute Gasteiger partial charge is 0.235 e. The Hall–Kier alpha value is -2.50. The maximum Gasteiger partial charge on any atom is 0.235 e. The first-order chi connectivity index (χ1) is 11.3. The average molecular weight is 339 g/mol. The maximum atomic E-state index is 5.93. The number of benzene rings is 2. The third-order valence-electron chi connectivity index (χ3n) is 3.33. The van der Waals surface area contributed by atoms with Crippen LogP contribution in [0.15, 0.2) is 54.6 Å². The summed E-state index contributed by atoms with van der Waals surface area (Å²) in [6.45, 7) is 0. The molecule has 2 aromatic carbocycles. The van der Waals surface area contributed by atoms with Crippen molar-refractivity contribution >= 4 is 40.1 Å². The number of aromatic nitrogens is 4. The zero-order valence-electron chi connectivity index (χ0n) is 11.9. The second kappa shape index (κ2) is 5.95. The average Bonchev–Trinajstić information content (AvgIpc) is 3.15. The molecule has 0 aliphatic rings. The van der Waals surface area contributed by atoms with Crippen LogP contribution in [0.3, 0.4) is 0 Å². The smallest absolute Gasteiger partial charge is 0.182 e. The van der Waals surface area contributed by atoms with E-state index >= 15 is 0 Å². The van der Waals surface area contributed by atoms with Crippen LogP contribution < -0.4 is 0 Å². The van der Waals surface area contributed by atoms with Gasteiger partial charge >= 0.3 is 0 Å². The molecular formula is C17H11ClN4S. The van der Waals surface area contributed by atoms with Crippen LogP contribution in [0.5, 0.6) is 0 Å². The summed E-state index contributed by atoms with van der Waals surface area (Å²) in [4.78, 5) is 0.766. The Balaban J connectivity index is 1.69. The molecule has 2 heterocycles. The molecule has 0 aliphatic carbocycles. The van der Waals surface area contributed by atoms with E-state index in [1.54, 1.807) is 4.52 Å². The summed E-state index contributed by atoms with van der Waals surface area (Å²) in [6, 6.07) is 17.6. The van der Waals surface area contributed by atoms with Crippen LogP contribution >= 0.6 is 22.9 Å². The quantitative estimate of drug-likeness (QED) is 0.545. The fraction of sp³-hybridized carbons (Fsp3) is 0. The van der Waals surface area contributed by atoms with Crippen LogP contribution in [0.2, 0.25) is 5.02 Å². The summed E-state index contributed by atoms with van der Waals surface area (Å²) in [5.74, 6) is 0.715. The first kappa shape index (κ1) is 14.1. The van der Waals surface area contributed by atoms with E-state index in [2.05, 4.69) is 27.4 Å². The Kier molecular flexibility index (Phi) is 3.65. The lowest BCUT2D eigenvalue weighted by molar-refractivity contribution is 0.960. The van der Waals surface area contributed by atoms with Crippen LogP contribution in [-0.2, 0) is 0 Å². The van der Waals surface area contributed by atoms with Gasteiger partial charge in [-0.15, -0.1) is 10.2 Å². The number of hydrogen-bond donors (Lipinski definition) is 0. The Morgan fingerprint density at radius 1 is 0.913 bits per heavy atom. The molecule has 4 rings (SSSR count). The summed E-state index contributed by atoms with van der Waals surface area (Å²) in [5, 5.41) is 14.6. The van der Waals surface area contributed by atoms with Gasteiger partial charge in [0, 0.05) is 10.6 Å². The van der Waals surface area contributed by atoms with Crippen molar-refractivity contribution in [3.63, 3.8) is 0 Å². The Labute approximate surface area is 141 Å². The lowest BCUT2D eigenvalue weighted by atomic mass is 10.2. The second-order valence-electron chi connectivity index (χ2n) is 4.91. The molecule has 0 N–H and O–H groups in total. The number of halogens is 1. The minimum absolute atomic E-state index is 0.694. The highest BCUT2D eigenvalue weighted by molar-refractivity contribution is 7.17. The molecule has 23 heavy (non-hydrogen) atoms. The van der Waals surface area contributed by atoms with E-state index < -0.39 is 0 Å². The highest BCUT2D eigenvalue weighted by Crippen LogP contribution is 2.23. The molecule has 0 amide bonds. The Morgan fingerprint density at radius 3 is 2.48 bits per heavy atom. The SMILES string of the molecule is Clc1ccc(-c2nnc3sc(/C=C\c4ccccc4)nn23)cc1. The van der Waals surface area contributed by atoms with Crippen molar-refractivity contribution in [1.82, 2.24) is 19.8 Å². The molecule has 0 fully saturated rings. The third-order valence-corrected chi connectivity index (χ3v) is 4.44. The number of nitrogens with zero attached hydrogens (tertiary/aromatic N) is 4. The Morgan fingerprint density at radius 2 is 1.70 bits per heavy atom. The van der Waals surface area contributed by atoms with Gasteiger partial charge in [0.15, 0.2) is 5.82 Å². The minimum atomic E-state index is 0.694. The van der Waals surface area contributed by atoms with E-state index in [0.29, 0.717) is 10.8 Å². The molecule has 0 bridgehead atoms. The maximum absolute atomic E-state index is 5.93. The predicted octanol–water partition coefficient (Wildman–Crippen LogP) is 4.68. The summed E-state index contributed by atoms with van der Waals surface area (Å²) >= 11 is 7.43. The molecule has 112 valence electrons. The lowest BCUT2D eigenvalue weighted by Crippen LogP contribution is -1.90. The van der Waals surface area contributed by atoms with E-state index in [4.69, 9.17) is 11.6 Å². The molecule has 4 aromatic rings. The zero-order valence-corrected chi connectivity index (χ0v) is 13.5. The second-order valence-corrected chi connectivity index (χ2v) is 6.33. The molecule has 0 atom stereocenters. The van der Waals surface area contributed by atoms with Crippen LogP contribution in [0.4, 0.5) is 0 Å². The molecule has 0 aliphatic heterocycles. The standard InChI is InChI=1S/C17H11ClN4S/c18-14-9-7-13(8-10-14)16-19-20-17-22(16)21-15(23-17)11-6-12-4-2-1-3-5-12/h1-11H/b11-6-. The van der Waals surface area contributed by atoms with Crippen LogP contribution in [0, 0.1) is 0 Å². The summed E-state index contributed by atoms with van der Waals surface area (Å²) in [6.07, 6.45) is 4.02. The van der Waals surface area contributed by atoms with E-state index in [1.165, 1.54) is 11.3 Å². The normalized spacial score (nSPS) is 11.5. The Bertz CT molecular complexity index is 971. The molecular weight excluding hydrogens is 328 g/mol. The summed E-state index contributed by atoms with van der Waals surface area (Å²) in [7, 11) is 0. The van der Waals surface area contributed by atoms with Crippen molar-refractivity contribution in [2.24, 2.45) is 0 Å². The highest BCUT2D eigenvalue weighted by atomic mass is 35.5. The zero-order chi connectivity index (χ0) is 15.6. The predicted molar refractivity (Wildman–Crippen MR) is 94.5 cm³/mol. The van der Waals surface area contributed by atoms with E-state index in [0.717, 1.165) is 21.1 Å². The van der Waals surface area contributed by atoms with Gasteiger partial charge < -0.3 is 0 Å². The lowest BCUT2D eigenvalue weighted by Gasteiger charge is -1.96. The number of hydrogen-bond acceptors (Lipinski definition) is 4. The van der Waals surface area contributed by atoms with Crippen molar-refractivity contribution in [3.8, 4) is 11.4 Å². The molecule has 0 spiro atoms. The fourth-order valence-electron chi connectivity index (χ4n) is 2.21. The van der Waals surface area contributed by atoms with Gasteiger partial charge in [0.2, 0.25) is 4.96 Å². The fourth-order valence-corrected chi connectivity index (χ4v) is 3.08. The van der Waals surface area contributed by atoms with Crippen LogP contribution in [0.25, 0.3) is 28.5 Å². The van der Waals surface area contributed by atoms with Gasteiger partial charge in [-0.3, -0.25) is 0 Å². The van der Waals surface area contributed by atoms with Crippen molar-refractivity contribution in [3.05, 3.63) is 70.2 Å². The molecule has 0 radical (unpaired) electrons. The van der Waals surface area contributed by atoms with E-state index in [1.807, 2.05) is 54.6 Å². The van der Waals surface area contributed by atoms with E-state index in [-0.39, 0.29) is 0 Å². The molecule has 0 saturated carbocycles. The van der Waals surface area contributed by atoms with Gasteiger partial charge in [-0.05, 0) is 35.9 Å². The van der Waals surface area contributed by atoms with Gasteiger partial charge in [-0.1, -0.05) is 59.3 Å². The van der Waals surface area contributed by atoms with Crippen molar-refractivity contribution < 1.29 is 0 Å². The van der Waals surface area contributed by atoms with Gasteiger partial charge in [-0.2, -0.15) is 9.61 Å². The first-order valence-corrected chi connectivity index (χ1v) is 8.20. The number of rotatable bonds is 3. The number of fused-ring (bicyclic) bond motifs is 1. The van der Waals surface area contributed by atoms with Crippen LogP contribution in [0.1, 0.15) is 10.6 Å². The molecule has 4 nitrogen and oxygen atoms in total. The topological polar surface area (TPSA) is 43.1 Å².